The largest absolute Gasteiger partial charge is 0.461 e. The van der Waals surface area contributed by atoms with Gasteiger partial charge < -0.3 is 38.3 Å². The van der Waals surface area contributed by atoms with E-state index >= 15 is 0 Å². The number of ether oxygens (including phenoxy) is 7. The van der Waals surface area contributed by atoms with E-state index in [0.717, 1.165) is 0 Å². The molecule has 0 spiro atoms. The Bertz CT molecular complexity index is 1710. The van der Waals surface area contributed by atoms with Crippen LogP contribution in [-0.4, -0.2) is 131 Å². The molecule has 0 aliphatic heterocycles. The molecule has 65 heavy (non-hydrogen) atoms. The summed E-state index contributed by atoms with van der Waals surface area (Å²) < 4.78 is 269. The predicted octanol–water partition coefficient (Wildman–Crippen LogP) is 6.74. The fraction of sp³-hybridized carbons (Fsp3) is 0.500. The van der Waals surface area contributed by atoms with E-state index in [4.69, 9.17) is 4.74 Å². The molecule has 0 aliphatic rings. The molecule has 0 bridgehead atoms. The van der Waals surface area contributed by atoms with Gasteiger partial charge in [-0.3, -0.25) is 0 Å². The van der Waals surface area contributed by atoms with Gasteiger partial charge in [-0.25, -0.2) is 24.0 Å². The highest BCUT2D eigenvalue weighted by atomic mass is 19.4. The van der Waals surface area contributed by atoms with Crippen LogP contribution in [-0.2, 0) is 57.1 Å². The summed E-state index contributed by atoms with van der Waals surface area (Å²) in [6.07, 6.45) is -37.0. The van der Waals surface area contributed by atoms with E-state index in [1.807, 2.05) is 0 Å². The molecule has 1 atom stereocenters. The topological polar surface area (TPSA) is 170 Å². The normalized spacial score (nSPS) is 13.5. The molecule has 370 valence electrons. The minimum absolute atomic E-state index is 1.81. The maximum Gasteiger partial charge on any atom is 0.422 e. The van der Waals surface area contributed by atoms with Gasteiger partial charge in [0.25, 0.3) is 0 Å². The van der Waals surface area contributed by atoms with Gasteiger partial charge in [0.1, 0.15) is 60.9 Å². The number of hydrogen-bond acceptors (Lipinski definition) is 13. The highest BCUT2D eigenvalue weighted by Crippen LogP contribution is 2.34. The van der Waals surface area contributed by atoms with Crippen LogP contribution >= 0.6 is 0 Å². The lowest BCUT2D eigenvalue weighted by Crippen LogP contribution is -2.48. The van der Waals surface area contributed by atoms with Crippen LogP contribution in [0.15, 0.2) is 72.9 Å². The van der Waals surface area contributed by atoms with Crippen molar-refractivity contribution in [3.63, 3.8) is 0 Å². The lowest BCUT2D eigenvalue weighted by atomic mass is 9.90. The second-order valence-electron chi connectivity index (χ2n) is 12.9. The van der Waals surface area contributed by atoms with Crippen molar-refractivity contribution in [1.82, 2.24) is 0 Å². The van der Waals surface area contributed by atoms with E-state index in [1.165, 1.54) is 0 Å². The molecule has 0 aromatic rings. The number of halogens is 18. The van der Waals surface area contributed by atoms with Crippen LogP contribution in [0.25, 0.3) is 0 Å². The number of hydrogen-bond donors (Lipinski definition) is 1. The Balaban J connectivity index is 7.76. The van der Waals surface area contributed by atoms with E-state index < -0.39 is 170 Å². The third-order valence-electron chi connectivity index (χ3n) is 7.52. The van der Waals surface area contributed by atoms with Gasteiger partial charge in [0, 0.05) is 0 Å². The molecule has 0 rings (SSSR count). The van der Waals surface area contributed by atoms with Crippen molar-refractivity contribution in [2.75, 3.05) is 52.9 Å². The Morgan fingerprint density at radius 3 is 0.738 bits per heavy atom. The summed E-state index contributed by atoms with van der Waals surface area (Å²) in [5.41, 5.74) is -20.4. The maximum absolute atomic E-state index is 13.2. The van der Waals surface area contributed by atoms with Crippen molar-refractivity contribution >= 4 is 29.8 Å². The van der Waals surface area contributed by atoms with Gasteiger partial charge in [0.15, 0.2) is 6.29 Å². The number of aliphatic hydroxyl groups is 1. The maximum atomic E-state index is 13.2. The van der Waals surface area contributed by atoms with Gasteiger partial charge in [-0.15, -0.1) is 0 Å². The first kappa shape index (κ1) is 59.4. The zero-order valence-electron chi connectivity index (χ0n) is 32.1. The van der Waals surface area contributed by atoms with Crippen LogP contribution in [0.5, 0.6) is 0 Å². The van der Waals surface area contributed by atoms with Crippen LogP contribution < -0.4 is 0 Å². The Hall–Kier alpha value is -5.59. The van der Waals surface area contributed by atoms with Crippen molar-refractivity contribution in [2.24, 2.45) is 10.8 Å². The van der Waals surface area contributed by atoms with Crippen LogP contribution in [0.1, 0.15) is 0 Å². The molecule has 0 aromatic heterocycles. The average molecular weight is 989 g/mol. The Morgan fingerprint density at radius 2 is 0.554 bits per heavy atom. The zero-order valence-corrected chi connectivity index (χ0v) is 32.1. The van der Waals surface area contributed by atoms with E-state index in [9.17, 15) is 108 Å². The van der Waals surface area contributed by atoms with Crippen LogP contribution in [0.2, 0.25) is 0 Å². The van der Waals surface area contributed by atoms with Crippen molar-refractivity contribution in [2.45, 2.75) is 43.3 Å². The number of carbonyl (C=O) groups is 5. The summed E-state index contributed by atoms with van der Waals surface area (Å²) in [6, 6.07) is 0. The molecule has 1 N–H and O–H groups in total. The molecule has 0 fully saturated rings. The molecular formula is C34H30F18O13. The first-order valence-electron chi connectivity index (χ1n) is 16.2. The summed E-state index contributed by atoms with van der Waals surface area (Å²) >= 11 is 0. The van der Waals surface area contributed by atoms with Gasteiger partial charge in [-0.2, -0.15) is 79.0 Å². The molecule has 0 heterocycles. The second kappa shape index (κ2) is 22.1. The lowest BCUT2D eigenvalue weighted by Gasteiger charge is -2.36. The minimum atomic E-state index is -5.64. The zero-order chi connectivity index (χ0) is 51.5. The van der Waals surface area contributed by atoms with E-state index in [2.05, 4.69) is 67.9 Å². The fourth-order valence-corrected chi connectivity index (χ4v) is 3.59. The van der Waals surface area contributed by atoms with E-state index in [0.29, 0.717) is 0 Å². The summed E-state index contributed by atoms with van der Waals surface area (Å²) in [5.74, 6) is -12.6. The third kappa shape index (κ3) is 19.2. The fourth-order valence-electron chi connectivity index (χ4n) is 3.59. The van der Waals surface area contributed by atoms with Crippen molar-refractivity contribution in [1.29, 1.82) is 0 Å². The van der Waals surface area contributed by atoms with Crippen molar-refractivity contribution in [3.8, 4) is 0 Å². The van der Waals surface area contributed by atoms with Crippen molar-refractivity contribution < 1.29 is 141 Å². The highest BCUT2D eigenvalue weighted by molar-refractivity contribution is 5.91. The molecule has 0 aliphatic carbocycles. The smallest absolute Gasteiger partial charge is 0.422 e. The number of alkyl halides is 18. The Morgan fingerprint density at radius 1 is 0.354 bits per heavy atom. The first-order chi connectivity index (χ1) is 28.9. The molecule has 0 radical (unpaired) electrons. The van der Waals surface area contributed by atoms with E-state index in [-0.39, 0.29) is 0 Å². The standard InChI is InChI=1S/C34H30F18O13/c1-15(29(35,36)37)21(53)60-9-27(10-61-22(54)16(2)30(38,39)40,11-62-23(55)17(3)31(41,42)43)7-59-8-28(12-63-24(56)18(4)32(44,45)46,13-64-25(57)19(5)33(47,48)49)14-65-26(58)20(6)34(50,51)52/h21,53H,1-14H2. The monoisotopic (exact) mass is 988 g/mol. The number of aliphatic hydroxyl groups excluding tert-OH is 1. The third-order valence-corrected chi connectivity index (χ3v) is 7.52. The highest BCUT2D eigenvalue weighted by Gasteiger charge is 2.48. The quantitative estimate of drug-likeness (QED) is 0.0286. The summed E-state index contributed by atoms with van der Waals surface area (Å²) in [5, 5.41) is 9.96. The molecule has 13 nitrogen and oxygen atoms in total. The molecule has 1 unspecified atom stereocenters. The van der Waals surface area contributed by atoms with E-state index in [1.54, 1.807) is 0 Å². The van der Waals surface area contributed by atoms with Crippen LogP contribution in [0.3, 0.4) is 0 Å². The van der Waals surface area contributed by atoms with Crippen molar-refractivity contribution in [3.05, 3.63) is 72.9 Å². The Labute approximate surface area is 351 Å². The second-order valence-corrected chi connectivity index (χ2v) is 12.9. The number of esters is 5. The SMILES string of the molecule is C=C(C(=O)OCC(COCC(COC(=O)C(=C)C(F)(F)F)(COC(=O)C(=C)C(F)(F)F)COC(O)C(=C)C(F)(F)F)(COC(=O)C(=C)C(F)(F)F)COC(=O)C(=C)C(F)(F)F)C(F)(F)F. The minimum Gasteiger partial charge on any atom is -0.461 e. The van der Waals surface area contributed by atoms with Crippen LogP contribution in [0, 0.1) is 10.8 Å². The lowest BCUT2D eigenvalue weighted by molar-refractivity contribution is -0.189. The number of rotatable bonds is 23. The van der Waals surface area contributed by atoms with Gasteiger partial charge in [0.05, 0.1) is 36.2 Å². The summed E-state index contributed by atoms with van der Waals surface area (Å²) in [4.78, 5) is 61.2. The van der Waals surface area contributed by atoms with Gasteiger partial charge >= 0.3 is 66.9 Å². The Kier molecular flexibility index (Phi) is 20.2. The first-order valence-corrected chi connectivity index (χ1v) is 16.2. The molecular weight excluding hydrogens is 958 g/mol. The number of carbonyl (C=O) groups excluding carboxylic acids is 5. The average Bonchev–Trinajstić information content (AvgIpc) is 3.16. The predicted molar refractivity (Wildman–Crippen MR) is 174 cm³/mol. The molecule has 0 aromatic carbocycles. The van der Waals surface area contributed by atoms with Gasteiger partial charge in [-0.1, -0.05) is 39.5 Å². The molecule has 0 amide bonds. The van der Waals surface area contributed by atoms with Gasteiger partial charge in [-0.05, 0) is 0 Å². The summed E-state index contributed by atoms with van der Waals surface area (Å²) in [6.45, 7) is -1.10. The molecule has 0 saturated carbocycles. The van der Waals surface area contributed by atoms with Gasteiger partial charge in [0.2, 0.25) is 0 Å². The summed E-state index contributed by atoms with van der Waals surface area (Å²) in [7, 11) is 0. The van der Waals surface area contributed by atoms with Crippen LogP contribution in [0.4, 0.5) is 79.0 Å². The molecule has 31 heteroatoms. The molecule has 0 saturated heterocycles.